The lowest BCUT2D eigenvalue weighted by molar-refractivity contribution is 0.0720. The summed E-state index contributed by atoms with van der Waals surface area (Å²) >= 11 is 0. The molecule has 0 bridgehead atoms. The first-order valence-corrected chi connectivity index (χ1v) is 6.14. The van der Waals surface area contributed by atoms with E-state index in [0.29, 0.717) is 6.61 Å². The maximum atomic E-state index is 5.90. The Balaban J connectivity index is 2.02. The molecule has 0 spiro atoms. The van der Waals surface area contributed by atoms with Crippen molar-refractivity contribution in [3.63, 3.8) is 0 Å². The van der Waals surface area contributed by atoms with Crippen LogP contribution in [0.1, 0.15) is 22.8 Å². The molecule has 0 aliphatic rings. The van der Waals surface area contributed by atoms with E-state index in [0.717, 1.165) is 5.56 Å². The SMILES string of the molecule is C=C[C@@H](OCc1cccc(C)c1)c1ccccc1. The number of hydrogen-bond acceptors (Lipinski definition) is 1. The summed E-state index contributed by atoms with van der Waals surface area (Å²) in [6, 6.07) is 18.5. The average molecular weight is 238 g/mol. The van der Waals surface area contributed by atoms with Crippen LogP contribution in [0.25, 0.3) is 0 Å². The lowest BCUT2D eigenvalue weighted by Crippen LogP contribution is -2.01. The van der Waals surface area contributed by atoms with E-state index in [1.54, 1.807) is 0 Å². The van der Waals surface area contributed by atoms with Crippen LogP contribution < -0.4 is 0 Å². The highest BCUT2D eigenvalue weighted by molar-refractivity contribution is 5.23. The molecule has 18 heavy (non-hydrogen) atoms. The predicted molar refractivity (Wildman–Crippen MR) is 75.3 cm³/mol. The van der Waals surface area contributed by atoms with Crippen LogP contribution in [0.15, 0.2) is 67.3 Å². The molecule has 2 aromatic carbocycles. The van der Waals surface area contributed by atoms with Crippen LogP contribution in [0, 0.1) is 6.92 Å². The Morgan fingerprint density at radius 3 is 2.56 bits per heavy atom. The molecule has 1 heteroatoms. The fourth-order valence-electron chi connectivity index (χ4n) is 1.93. The number of ether oxygens (including phenoxy) is 1. The summed E-state index contributed by atoms with van der Waals surface area (Å²) in [6.07, 6.45) is 1.79. The molecule has 0 fully saturated rings. The van der Waals surface area contributed by atoms with E-state index < -0.39 is 0 Å². The maximum Gasteiger partial charge on any atom is 0.101 e. The Kier molecular flexibility index (Phi) is 4.32. The number of aryl methyl sites for hydroxylation is 1. The van der Waals surface area contributed by atoms with Crippen molar-refractivity contribution < 1.29 is 4.74 Å². The quantitative estimate of drug-likeness (QED) is 0.700. The first-order chi connectivity index (χ1) is 8.79. The van der Waals surface area contributed by atoms with Gasteiger partial charge < -0.3 is 4.74 Å². The molecule has 1 atom stereocenters. The lowest BCUT2D eigenvalue weighted by Gasteiger charge is -2.14. The second-order valence-corrected chi connectivity index (χ2v) is 4.37. The van der Waals surface area contributed by atoms with E-state index in [2.05, 4.69) is 49.9 Å². The van der Waals surface area contributed by atoms with Crippen molar-refractivity contribution in [2.45, 2.75) is 19.6 Å². The molecule has 0 saturated carbocycles. The average Bonchev–Trinajstić information content (AvgIpc) is 2.41. The molecule has 0 radical (unpaired) electrons. The van der Waals surface area contributed by atoms with Gasteiger partial charge in [-0.25, -0.2) is 0 Å². The smallest absolute Gasteiger partial charge is 0.101 e. The molecule has 0 N–H and O–H groups in total. The Hall–Kier alpha value is -1.86. The van der Waals surface area contributed by atoms with Crippen LogP contribution in [-0.4, -0.2) is 0 Å². The molecule has 0 aromatic heterocycles. The molecule has 0 saturated heterocycles. The Morgan fingerprint density at radius 2 is 1.89 bits per heavy atom. The first-order valence-electron chi connectivity index (χ1n) is 6.14. The molecule has 0 amide bonds. The van der Waals surface area contributed by atoms with Crippen molar-refractivity contribution in [2.75, 3.05) is 0 Å². The maximum absolute atomic E-state index is 5.90. The van der Waals surface area contributed by atoms with Gasteiger partial charge in [-0.05, 0) is 18.1 Å². The third-order valence-electron chi connectivity index (χ3n) is 2.85. The number of rotatable bonds is 5. The fraction of sp³-hybridized carbons (Fsp3) is 0.176. The number of hydrogen-bond donors (Lipinski definition) is 0. The summed E-state index contributed by atoms with van der Waals surface area (Å²) in [5.41, 5.74) is 3.59. The molecule has 0 unspecified atom stereocenters. The highest BCUT2D eigenvalue weighted by Crippen LogP contribution is 2.20. The third-order valence-corrected chi connectivity index (χ3v) is 2.85. The van der Waals surface area contributed by atoms with Crippen molar-refractivity contribution in [3.8, 4) is 0 Å². The number of benzene rings is 2. The topological polar surface area (TPSA) is 9.23 Å². The van der Waals surface area contributed by atoms with Gasteiger partial charge in [0, 0.05) is 0 Å². The molecule has 0 heterocycles. The zero-order valence-corrected chi connectivity index (χ0v) is 10.7. The second kappa shape index (κ2) is 6.18. The molecule has 0 aliphatic heterocycles. The lowest BCUT2D eigenvalue weighted by atomic mass is 10.1. The van der Waals surface area contributed by atoms with Gasteiger partial charge in [0.2, 0.25) is 0 Å². The minimum atomic E-state index is -0.0493. The van der Waals surface area contributed by atoms with Crippen LogP contribution in [0.5, 0.6) is 0 Å². The summed E-state index contributed by atoms with van der Waals surface area (Å²) < 4.78 is 5.90. The standard InChI is InChI=1S/C17H18O/c1-3-17(16-10-5-4-6-11-16)18-13-15-9-7-8-14(2)12-15/h3-12,17H,1,13H2,2H3/t17-/m1/s1. The van der Waals surface area contributed by atoms with E-state index in [1.807, 2.05) is 24.3 Å². The van der Waals surface area contributed by atoms with Crippen LogP contribution in [-0.2, 0) is 11.3 Å². The summed E-state index contributed by atoms with van der Waals surface area (Å²) in [6.45, 7) is 6.54. The van der Waals surface area contributed by atoms with Crippen LogP contribution in [0.4, 0.5) is 0 Å². The van der Waals surface area contributed by atoms with Gasteiger partial charge in [-0.15, -0.1) is 6.58 Å². The minimum Gasteiger partial charge on any atom is -0.365 e. The Bertz CT molecular complexity index is 502. The van der Waals surface area contributed by atoms with Crippen molar-refractivity contribution in [1.82, 2.24) is 0 Å². The molecule has 2 aromatic rings. The molecular formula is C17H18O. The first kappa shape index (κ1) is 12.6. The normalized spacial score (nSPS) is 12.1. The van der Waals surface area contributed by atoms with Gasteiger partial charge in [-0.3, -0.25) is 0 Å². The van der Waals surface area contributed by atoms with Gasteiger partial charge in [-0.1, -0.05) is 66.2 Å². The monoisotopic (exact) mass is 238 g/mol. The van der Waals surface area contributed by atoms with Crippen molar-refractivity contribution >= 4 is 0 Å². The van der Waals surface area contributed by atoms with Gasteiger partial charge in [-0.2, -0.15) is 0 Å². The molecule has 0 aliphatic carbocycles. The van der Waals surface area contributed by atoms with E-state index in [-0.39, 0.29) is 6.10 Å². The molecule has 1 nitrogen and oxygen atoms in total. The molecule has 2 rings (SSSR count). The van der Waals surface area contributed by atoms with Gasteiger partial charge in [0.05, 0.1) is 6.61 Å². The van der Waals surface area contributed by atoms with E-state index in [4.69, 9.17) is 4.74 Å². The summed E-state index contributed by atoms with van der Waals surface area (Å²) in [4.78, 5) is 0. The van der Waals surface area contributed by atoms with Gasteiger partial charge >= 0.3 is 0 Å². The minimum absolute atomic E-state index is 0.0493. The van der Waals surface area contributed by atoms with Gasteiger partial charge in [0.1, 0.15) is 6.10 Å². The molecule has 92 valence electrons. The predicted octanol–water partition coefficient (Wildman–Crippen LogP) is 4.44. The van der Waals surface area contributed by atoms with Crippen LogP contribution in [0.2, 0.25) is 0 Å². The van der Waals surface area contributed by atoms with Crippen LogP contribution in [0.3, 0.4) is 0 Å². The zero-order valence-electron chi connectivity index (χ0n) is 10.7. The Morgan fingerprint density at radius 1 is 1.11 bits per heavy atom. The van der Waals surface area contributed by atoms with Gasteiger partial charge in [0.25, 0.3) is 0 Å². The highest BCUT2D eigenvalue weighted by atomic mass is 16.5. The van der Waals surface area contributed by atoms with Gasteiger partial charge in [0.15, 0.2) is 0 Å². The van der Waals surface area contributed by atoms with E-state index >= 15 is 0 Å². The van der Waals surface area contributed by atoms with Crippen LogP contribution >= 0.6 is 0 Å². The van der Waals surface area contributed by atoms with Crippen molar-refractivity contribution in [1.29, 1.82) is 0 Å². The van der Waals surface area contributed by atoms with E-state index in [9.17, 15) is 0 Å². The second-order valence-electron chi connectivity index (χ2n) is 4.37. The molecular weight excluding hydrogens is 220 g/mol. The van der Waals surface area contributed by atoms with E-state index in [1.165, 1.54) is 11.1 Å². The fourth-order valence-corrected chi connectivity index (χ4v) is 1.93. The van der Waals surface area contributed by atoms with Crippen molar-refractivity contribution in [3.05, 3.63) is 83.9 Å². The summed E-state index contributed by atoms with van der Waals surface area (Å²) in [5, 5.41) is 0. The zero-order chi connectivity index (χ0) is 12.8. The van der Waals surface area contributed by atoms with Crippen molar-refractivity contribution in [2.24, 2.45) is 0 Å². The third kappa shape index (κ3) is 3.31. The summed E-state index contributed by atoms with van der Waals surface area (Å²) in [7, 11) is 0. The Labute approximate surface area is 109 Å². The summed E-state index contributed by atoms with van der Waals surface area (Å²) in [5.74, 6) is 0. The largest absolute Gasteiger partial charge is 0.365 e. The highest BCUT2D eigenvalue weighted by Gasteiger charge is 2.07.